The summed E-state index contributed by atoms with van der Waals surface area (Å²) in [5, 5.41) is 0. The van der Waals surface area contributed by atoms with Crippen molar-refractivity contribution in [1.82, 2.24) is 9.55 Å². The van der Waals surface area contributed by atoms with Crippen molar-refractivity contribution < 1.29 is 14.3 Å². The molecule has 116 valence electrons. The van der Waals surface area contributed by atoms with E-state index in [1.165, 1.54) is 0 Å². The van der Waals surface area contributed by atoms with E-state index in [0.29, 0.717) is 18.9 Å². The van der Waals surface area contributed by atoms with Crippen molar-refractivity contribution in [1.29, 1.82) is 0 Å². The molecule has 1 aliphatic heterocycles. The summed E-state index contributed by atoms with van der Waals surface area (Å²) < 4.78 is 12.7. The fraction of sp³-hybridized carbons (Fsp3) is 0.412. The van der Waals surface area contributed by atoms with Gasteiger partial charge in [-0.05, 0) is 12.5 Å². The molecule has 3 rings (SSSR count). The Morgan fingerprint density at radius 1 is 1.32 bits per heavy atom. The fourth-order valence-corrected chi connectivity index (χ4v) is 2.67. The number of ether oxygens (including phenoxy) is 2. The molecule has 22 heavy (non-hydrogen) atoms. The molecule has 0 spiro atoms. The van der Waals surface area contributed by atoms with Gasteiger partial charge in [0.05, 0.1) is 31.8 Å². The maximum atomic E-state index is 12.4. The fourth-order valence-electron chi connectivity index (χ4n) is 2.67. The predicted octanol–water partition coefficient (Wildman–Crippen LogP) is 2.83. The van der Waals surface area contributed by atoms with Crippen molar-refractivity contribution in [2.75, 3.05) is 13.2 Å². The maximum absolute atomic E-state index is 12.4. The molecule has 0 aliphatic carbocycles. The lowest BCUT2D eigenvalue weighted by atomic mass is 10.1. The van der Waals surface area contributed by atoms with Gasteiger partial charge < -0.3 is 14.0 Å². The zero-order valence-corrected chi connectivity index (χ0v) is 12.6. The SMILES string of the molecule is C[C@H](c1ccccc1)n1cncc1C(=O)OC1CCOCC1. The summed E-state index contributed by atoms with van der Waals surface area (Å²) >= 11 is 0. The van der Waals surface area contributed by atoms with E-state index in [1.807, 2.05) is 41.8 Å². The molecular weight excluding hydrogens is 280 g/mol. The van der Waals surface area contributed by atoms with Crippen LogP contribution in [0.15, 0.2) is 42.9 Å². The van der Waals surface area contributed by atoms with Gasteiger partial charge in [-0.2, -0.15) is 0 Å². The number of aromatic nitrogens is 2. The first-order valence-corrected chi connectivity index (χ1v) is 7.61. The van der Waals surface area contributed by atoms with E-state index >= 15 is 0 Å². The van der Waals surface area contributed by atoms with E-state index in [1.54, 1.807) is 12.5 Å². The number of carbonyl (C=O) groups is 1. The summed E-state index contributed by atoms with van der Waals surface area (Å²) in [5.74, 6) is -0.313. The van der Waals surface area contributed by atoms with Crippen LogP contribution in [0.2, 0.25) is 0 Å². The molecule has 2 aromatic rings. The maximum Gasteiger partial charge on any atom is 0.356 e. The van der Waals surface area contributed by atoms with Crippen LogP contribution in [0.3, 0.4) is 0 Å². The highest BCUT2D eigenvalue weighted by molar-refractivity contribution is 5.87. The van der Waals surface area contributed by atoms with E-state index in [-0.39, 0.29) is 18.1 Å². The van der Waals surface area contributed by atoms with Crippen LogP contribution in [0.5, 0.6) is 0 Å². The number of benzene rings is 1. The Kier molecular flexibility index (Phi) is 4.53. The highest BCUT2D eigenvalue weighted by Gasteiger charge is 2.23. The van der Waals surface area contributed by atoms with Gasteiger partial charge in [0.25, 0.3) is 0 Å². The number of hydrogen-bond donors (Lipinski definition) is 0. The Labute approximate surface area is 129 Å². The molecule has 1 aliphatic rings. The molecule has 1 fully saturated rings. The lowest BCUT2D eigenvalue weighted by molar-refractivity contribution is -0.0167. The van der Waals surface area contributed by atoms with E-state index in [0.717, 1.165) is 18.4 Å². The molecule has 1 aromatic heterocycles. The van der Waals surface area contributed by atoms with Crippen LogP contribution in [0.25, 0.3) is 0 Å². The summed E-state index contributed by atoms with van der Waals surface area (Å²) in [6, 6.07) is 10.1. The zero-order chi connectivity index (χ0) is 15.4. The topological polar surface area (TPSA) is 53.4 Å². The van der Waals surface area contributed by atoms with Gasteiger partial charge in [-0.1, -0.05) is 30.3 Å². The van der Waals surface area contributed by atoms with E-state index < -0.39 is 0 Å². The van der Waals surface area contributed by atoms with Crippen molar-refractivity contribution in [2.45, 2.75) is 31.9 Å². The van der Waals surface area contributed by atoms with Gasteiger partial charge in [0.2, 0.25) is 0 Å². The van der Waals surface area contributed by atoms with E-state index in [2.05, 4.69) is 4.98 Å². The standard InChI is InChI=1S/C17H20N2O3/c1-13(14-5-3-2-4-6-14)19-12-18-11-16(19)17(20)22-15-7-9-21-10-8-15/h2-6,11-13,15H,7-10H2,1H3/t13-/m1/s1. The first kappa shape index (κ1) is 14.8. The molecular formula is C17H20N2O3. The second-order valence-corrected chi connectivity index (χ2v) is 5.49. The van der Waals surface area contributed by atoms with Gasteiger partial charge in [-0.25, -0.2) is 9.78 Å². The number of esters is 1. The first-order chi connectivity index (χ1) is 10.8. The summed E-state index contributed by atoms with van der Waals surface area (Å²) in [7, 11) is 0. The predicted molar refractivity (Wildman–Crippen MR) is 81.7 cm³/mol. The Balaban J connectivity index is 1.75. The molecule has 0 amide bonds. The molecule has 0 radical (unpaired) electrons. The molecule has 5 nitrogen and oxygen atoms in total. The lowest BCUT2D eigenvalue weighted by Gasteiger charge is -2.23. The second-order valence-electron chi connectivity index (χ2n) is 5.49. The molecule has 2 heterocycles. The third-order valence-electron chi connectivity index (χ3n) is 4.02. The Morgan fingerprint density at radius 2 is 2.05 bits per heavy atom. The van der Waals surface area contributed by atoms with Crippen molar-refractivity contribution in [3.63, 3.8) is 0 Å². The van der Waals surface area contributed by atoms with Gasteiger partial charge in [0.1, 0.15) is 11.8 Å². The average molecular weight is 300 g/mol. The minimum absolute atomic E-state index is 0.0286. The highest BCUT2D eigenvalue weighted by atomic mass is 16.6. The van der Waals surface area contributed by atoms with Crippen molar-refractivity contribution >= 4 is 5.97 Å². The summed E-state index contributed by atoms with van der Waals surface area (Å²) in [5.41, 5.74) is 1.61. The van der Waals surface area contributed by atoms with Gasteiger partial charge in [-0.15, -0.1) is 0 Å². The van der Waals surface area contributed by atoms with Crippen LogP contribution in [0, 0.1) is 0 Å². The quantitative estimate of drug-likeness (QED) is 0.815. The molecule has 0 saturated carbocycles. The molecule has 0 bridgehead atoms. The number of rotatable bonds is 4. The Hall–Kier alpha value is -2.14. The van der Waals surface area contributed by atoms with Crippen molar-refractivity contribution in [3.05, 3.63) is 54.1 Å². The Bertz CT molecular complexity index is 618. The number of hydrogen-bond acceptors (Lipinski definition) is 4. The summed E-state index contributed by atoms with van der Waals surface area (Å²) in [6.45, 7) is 3.34. The molecule has 5 heteroatoms. The largest absolute Gasteiger partial charge is 0.457 e. The number of imidazole rings is 1. The van der Waals surface area contributed by atoms with Gasteiger partial charge >= 0.3 is 5.97 Å². The zero-order valence-electron chi connectivity index (χ0n) is 12.6. The van der Waals surface area contributed by atoms with E-state index in [9.17, 15) is 4.79 Å². The highest BCUT2D eigenvalue weighted by Crippen LogP contribution is 2.21. The Morgan fingerprint density at radius 3 is 2.77 bits per heavy atom. The van der Waals surface area contributed by atoms with Crippen LogP contribution in [-0.2, 0) is 9.47 Å². The van der Waals surface area contributed by atoms with Crippen LogP contribution in [0.1, 0.15) is 41.9 Å². The smallest absolute Gasteiger partial charge is 0.356 e. The third-order valence-corrected chi connectivity index (χ3v) is 4.02. The third kappa shape index (κ3) is 3.20. The second kappa shape index (κ2) is 6.75. The monoisotopic (exact) mass is 300 g/mol. The number of nitrogens with zero attached hydrogens (tertiary/aromatic N) is 2. The van der Waals surface area contributed by atoms with Crippen molar-refractivity contribution in [3.8, 4) is 0 Å². The molecule has 1 aromatic carbocycles. The molecule has 0 unspecified atom stereocenters. The molecule has 0 N–H and O–H groups in total. The van der Waals surface area contributed by atoms with E-state index in [4.69, 9.17) is 9.47 Å². The van der Waals surface area contributed by atoms with Crippen LogP contribution in [-0.4, -0.2) is 34.8 Å². The van der Waals surface area contributed by atoms with Crippen LogP contribution < -0.4 is 0 Å². The summed E-state index contributed by atoms with van der Waals surface area (Å²) in [6.07, 6.45) is 4.71. The van der Waals surface area contributed by atoms with Crippen molar-refractivity contribution in [2.24, 2.45) is 0 Å². The lowest BCUT2D eigenvalue weighted by Crippen LogP contribution is -2.27. The minimum Gasteiger partial charge on any atom is -0.457 e. The van der Waals surface area contributed by atoms with Crippen LogP contribution in [0.4, 0.5) is 0 Å². The normalized spacial score (nSPS) is 17.1. The first-order valence-electron chi connectivity index (χ1n) is 7.61. The van der Waals surface area contributed by atoms with Crippen LogP contribution >= 0.6 is 0 Å². The van der Waals surface area contributed by atoms with Gasteiger partial charge in [0, 0.05) is 12.8 Å². The molecule has 1 saturated heterocycles. The molecule has 1 atom stereocenters. The number of carbonyl (C=O) groups excluding carboxylic acids is 1. The average Bonchev–Trinajstić information content (AvgIpc) is 3.05. The summed E-state index contributed by atoms with van der Waals surface area (Å²) in [4.78, 5) is 16.5. The van der Waals surface area contributed by atoms with Gasteiger partial charge in [0.15, 0.2) is 0 Å². The van der Waals surface area contributed by atoms with Gasteiger partial charge in [-0.3, -0.25) is 0 Å². The minimum atomic E-state index is -0.313.